The molecular formula is C16H26N4. The van der Waals surface area contributed by atoms with Gasteiger partial charge in [0.15, 0.2) is 0 Å². The Balaban J connectivity index is 2.76. The number of aromatic nitrogens is 1. The van der Waals surface area contributed by atoms with Crippen LogP contribution in [0.2, 0.25) is 0 Å². The lowest BCUT2D eigenvalue weighted by Gasteiger charge is -2.05. The standard InChI is InChI=1S/C16H26N4/c1-5-10-18-13(2)15-8-6-9-16(20-15)14(3)19-12-7-11-17-4/h6,8-9,17H,5,7,10-12H2,1-4H3. The van der Waals surface area contributed by atoms with Gasteiger partial charge in [-0.25, -0.2) is 4.98 Å². The highest BCUT2D eigenvalue weighted by atomic mass is 14.8. The average Bonchev–Trinajstić information content (AvgIpc) is 2.49. The van der Waals surface area contributed by atoms with Crippen molar-refractivity contribution in [3.8, 4) is 0 Å². The summed E-state index contributed by atoms with van der Waals surface area (Å²) in [7, 11) is 1.96. The fourth-order valence-electron chi connectivity index (χ4n) is 1.78. The van der Waals surface area contributed by atoms with Gasteiger partial charge in [-0.1, -0.05) is 13.0 Å². The van der Waals surface area contributed by atoms with Crippen LogP contribution in [-0.4, -0.2) is 43.1 Å². The smallest absolute Gasteiger partial charge is 0.0845 e. The molecule has 0 radical (unpaired) electrons. The third-order valence-corrected chi connectivity index (χ3v) is 3.00. The summed E-state index contributed by atoms with van der Waals surface area (Å²) in [5, 5.41) is 3.12. The molecule has 0 unspecified atom stereocenters. The van der Waals surface area contributed by atoms with Crippen LogP contribution in [0.25, 0.3) is 0 Å². The van der Waals surface area contributed by atoms with Crippen LogP contribution in [0.3, 0.4) is 0 Å². The predicted molar refractivity (Wildman–Crippen MR) is 87.2 cm³/mol. The molecule has 0 fully saturated rings. The second-order valence-corrected chi connectivity index (χ2v) is 4.80. The maximum Gasteiger partial charge on any atom is 0.0845 e. The van der Waals surface area contributed by atoms with Crippen LogP contribution in [0.15, 0.2) is 28.2 Å². The molecule has 0 aliphatic heterocycles. The Bertz CT molecular complexity index is 463. The minimum atomic E-state index is 0.835. The first-order valence-electron chi connectivity index (χ1n) is 7.33. The van der Waals surface area contributed by atoms with Gasteiger partial charge in [-0.15, -0.1) is 0 Å². The van der Waals surface area contributed by atoms with Crippen molar-refractivity contribution in [3.63, 3.8) is 0 Å². The van der Waals surface area contributed by atoms with E-state index < -0.39 is 0 Å². The zero-order valence-electron chi connectivity index (χ0n) is 13.1. The van der Waals surface area contributed by atoms with Crippen LogP contribution < -0.4 is 5.32 Å². The van der Waals surface area contributed by atoms with Crippen molar-refractivity contribution in [2.75, 3.05) is 26.7 Å². The van der Waals surface area contributed by atoms with E-state index in [1.807, 2.05) is 39.1 Å². The summed E-state index contributed by atoms with van der Waals surface area (Å²) < 4.78 is 0. The molecule has 1 N–H and O–H groups in total. The number of aliphatic imine (C=N–C) groups is 2. The maximum absolute atomic E-state index is 4.65. The quantitative estimate of drug-likeness (QED) is 0.585. The van der Waals surface area contributed by atoms with E-state index >= 15 is 0 Å². The number of nitrogens with zero attached hydrogens (tertiary/aromatic N) is 3. The van der Waals surface area contributed by atoms with Crippen molar-refractivity contribution >= 4 is 11.4 Å². The number of rotatable bonds is 8. The number of hydrogen-bond donors (Lipinski definition) is 1. The monoisotopic (exact) mass is 274 g/mol. The third-order valence-electron chi connectivity index (χ3n) is 3.00. The zero-order valence-corrected chi connectivity index (χ0v) is 13.1. The Morgan fingerprint density at radius 1 is 1.10 bits per heavy atom. The summed E-state index contributed by atoms with van der Waals surface area (Å²) in [6, 6.07) is 6.04. The molecule has 1 rings (SSSR count). The summed E-state index contributed by atoms with van der Waals surface area (Å²) in [4.78, 5) is 13.7. The molecule has 4 nitrogen and oxygen atoms in total. The van der Waals surface area contributed by atoms with Crippen molar-refractivity contribution in [1.82, 2.24) is 10.3 Å². The van der Waals surface area contributed by atoms with Crippen LogP contribution in [0.1, 0.15) is 45.0 Å². The minimum Gasteiger partial charge on any atom is -0.320 e. The molecule has 0 spiro atoms. The van der Waals surface area contributed by atoms with E-state index in [0.717, 1.165) is 55.3 Å². The predicted octanol–water partition coefficient (Wildman–Crippen LogP) is 2.72. The first-order chi connectivity index (χ1) is 9.69. The third kappa shape index (κ3) is 5.61. The van der Waals surface area contributed by atoms with E-state index in [-0.39, 0.29) is 0 Å². The van der Waals surface area contributed by atoms with E-state index in [1.165, 1.54) is 0 Å². The molecule has 0 aliphatic rings. The lowest BCUT2D eigenvalue weighted by atomic mass is 10.2. The van der Waals surface area contributed by atoms with E-state index in [2.05, 4.69) is 27.2 Å². The Morgan fingerprint density at radius 2 is 1.70 bits per heavy atom. The van der Waals surface area contributed by atoms with Crippen molar-refractivity contribution in [2.45, 2.75) is 33.6 Å². The maximum atomic E-state index is 4.65. The normalized spacial score (nSPS) is 12.8. The van der Waals surface area contributed by atoms with Crippen molar-refractivity contribution in [1.29, 1.82) is 0 Å². The van der Waals surface area contributed by atoms with E-state index in [4.69, 9.17) is 0 Å². The summed E-state index contributed by atoms with van der Waals surface area (Å²) in [5.41, 5.74) is 3.88. The van der Waals surface area contributed by atoms with Gasteiger partial charge in [-0.3, -0.25) is 9.98 Å². The molecule has 1 aromatic rings. The SMILES string of the molecule is CCCN=C(C)c1cccc(C(C)=NCCCNC)n1. The first-order valence-corrected chi connectivity index (χ1v) is 7.33. The zero-order chi connectivity index (χ0) is 14.8. The van der Waals surface area contributed by atoms with Gasteiger partial charge in [0.2, 0.25) is 0 Å². The Kier molecular flexibility index (Phi) is 7.73. The van der Waals surface area contributed by atoms with Crippen molar-refractivity contribution in [3.05, 3.63) is 29.6 Å². The van der Waals surface area contributed by atoms with Crippen LogP contribution in [0.5, 0.6) is 0 Å². The van der Waals surface area contributed by atoms with Gasteiger partial charge in [0.25, 0.3) is 0 Å². The molecule has 20 heavy (non-hydrogen) atoms. The van der Waals surface area contributed by atoms with Gasteiger partial charge in [-0.05, 0) is 52.4 Å². The van der Waals surface area contributed by atoms with Gasteiger partial charge in [0.1, 0.15) is 0 Å². The van der Waals surface area contributed by atoms with Crippen LogP contribution in [0.4, 0.5) is 0 Å². The van der Waals surface area contributed by atoms with E-state index in [1.54, 1.807) is 0 Å². The van der Waals surface area contributed by atoms with Gasteiger partial charge in [-0.2, -0.15) is 0 Å². The summed E-state index contributed by atoms with van der Waals surface area (Å²) in [5.74, 6) is 0. The van der Waals surface area contributed by atoms with Crippen LogP contribution >= 0.6 is 0 Å². The molecule has 1 heterocycles. The van der Waals surface area contributed by atoms with Gasteiger partial charge in [0, 0.05) is 13.1 Å². The summed E-state index contributed by atoms with van der Waals surface area (Å²) in [6.45, 7) is 8.84. The molecule has 1 aromatic heterocycles. The average molecular weight is 274 g/mol. The number of nitrogens with one attached hydrogen (secondary N) is 1. The van der Waals surface area contributed by atoms with Crippen LogP contribution in [0, 0.1) is 0 Å². The molecule has 0 aromatic carbocycles. The van der Waals surface area contributed by atoms with Gasteiger partial charge >= 0.3 is 0 Å². The fraction of sp³-hybridized carbons (Fsp3) is 0.562. The molecule has 0 aliphatic carbocycles. The molecule has 0 amide bonds. The lowest BCUT2D eigenvalue weighted by molar-refractivity contribution is 0.734. The number of pyridine rings is 1. The molecule has 0 atom stereocenters. The molecular weight excluding hydrogens is 248 g/mol. The van der Waals surface area contributed by atoms with E-state index in [0.29, 0.717) is 0 Å². The largest absolute Gasteiger partial charge is 0.320 e. The molecule has 0 saturated carbocycles. The lowest BCUT2D eigenvalue weighted by Crippen LogP contribution is -2.10. The topological polar surface area (TPSA) is 49.6 Å². The summed E-state index contributed by atoms with van der Waals surface area (Å²) >= 11 is 0. The minimum absolute atomic E-state index is 0.835. The van der Waals surface area contributed by atoms with Gasteiger partial charge in [0.05, 0.1) is 22.8 Å². The highest BCUT2D eigenvalue weighted by Gasteiger charge is 2.03. The second kappa shape index (κ2) is 9.37. The first kappa shape index (κ1) is 16.5. The number of hydrogen-bond acceptors (Lipinski definition) is 4. The summed E-state index contributed by atoms with van der Waals surface area (Å²) in [6.07, 6.45) is 2.10. The van der Waals surface area contributed by atoms with Gasteiger partial charge < -0.3 is 5.32 Å². The van der Waals surface area contributed by atoms with Crippen LogP contribution in [-0.2, 0) is 0 Å². The molecule has 110 valence electrons. The Hall–Kier alpha value is -1.55. The fourth-order valence-corrected chi connectivity index (χ4v) is 1.78. The Morgan fingerprint density at radius 3 is 2.25 bits per heavy atom. The second-order valence-electron chi connectivity index (χ2n) is 4.80. The highest BCUT2D eigenvalue weighted by molar-refractivity contribution is 6.00. The van der Waals surface area contributed by atoms with E-state index in [9.17, 15) is 0 Å². The van der Waals surface area contributed by atoms with Crippen molar-refractivity contribution in [2.24, 2.45) is 9.98 Å². The Labute approximate surface area is 122 Å². The molecule has 0 bridgehead atoms. The molecule has 4 heteroatoms. The van der Waals surface area contributed by atoms with Crippen molar-refractivity contribution < 1.29 is 0 Å². The molecule has 0 saturated heterocycles. The highest BCUT2D eigenvalue weighted by Crippen LogP contribution is 2.04.